The number of thioether (sulfide) groups is 1. The van der Waals surface area contributed by atoms with E-state index in [9.17, 15) is 23.5 Å². The summed E-state index contributed by atoms with van der Waals surface area (Å²) in [6.07, 6.45) is 2.02. The van der Waals surface area contributed by atoms with Gasteiger partial charge in [-0.15, -0.1) is 0 Å². The van der Waals surface area contributed by atoms with E-state index in [1.165, 1.54) is 23.1 Å². The maximum absolute atomic E-state index is 12.7. The number of carbonyl (C=O) groups excluding carboxylic acids is 2. The lowest BCUT2D eigenvalue weighted by Gasteiger charge is -2.14. The average molecular weight is 479 g/mol. The van der Waals surface area contributed by atoms with Gasteiger partial charge in [-0.1, -0.05) is 42.2 Å². The van der Waals surface area contributed by atoms with Crippen molar-refractivity contribution in [3.05, 3.63) is 58.5 Å². The van der Waals surface area contributed by atoms with E-state index in [0.717, 1.165) is 17.3 Å². The molecule has 3 rings (SSSR count). The lowest BCUT2D eigenvalue weighted by atomic mass is 10.1. The highest BCUT2D eigenvalue weighted by Gasteiger charge is 2.32. The number of hydrogen-bond donors (Lipinski definition) is 2. The molecule has 0 aliphatic carbocycles. The Morgan fingerprint density at radius 1 is 1.31 bits per heavy atom. The van der Waals surface area contributed by atoms with Gasteiger partial charge in [-0.2, -0.15) is 8.78 Å². The topological polar surface area (TPSA) is 78.9 Å². The summed E-state index contributed by atoms with van der Waals surface area (Å²) in [4.78, 5) is 26.6. The first-order valence-corrected chi connectivity index (χ1v) is 10.9. The van der Waals surface area contributed by atoms with E-state index < -0.39 is 6.61 Å². The molecule has 0 spiro atoms. The van der Waals surface area contributed by atoms with E-state index in [-0.39, 0.29) is 36.3 Å². The molecule has 0 atom stereocenters. The van der Waals surface area contributed by atoms with Crippen LogP contribution in [0.25, 0.3) is 6.08 Å². The Bertz CT molecular complexity index is 1080. The van der Waals surface area contributed by atoms with Gasteiger partial charge in [0.15, 0.2) is 0 Å². The first-order valence-electron chi connectivity index (χ1n) is 9.63. The normalized spacial score (nSPS) is 15.0. The Balaban J connectivity index is 1.58. The molecule has 2 amide bonds. The maximum atomic E-state index is 12.7. The standard InChI is InChI=1S/C22H20F2N2O4S2/c1-13-11-15(27)8-9-16(13)25-19(28)7-4-10-26-20(29)18(32-22(26)31)12-14-5-2-3-6-17(14)30-21(23)24/h2-3,5-6,8-9,11-12,21,27H,4,7,10H2,1H3,(H,25,28)/b18-12-. The third-order valence-electron chi connectivity index (χ3n) is 4.56. The Labute approximate surface area is 193 Å². The summed E-state index contributed by atoms with van der Waals surface area (Å²) >= 11 is 6.35. The second kappa shape index (κ2) is 10.6. The number of benzene rings is 2. The van der Waals surface area contributed by atoms with Crippen molar-refractivity contribution in [2.75, 3.05) is 11.9 Å². The number of anilines is 1. The van der Waals surface area contributed by atoms with Gasteiger partial charge in [0.25, 0.3) is 5.91 Å². The van der Waals surface area contributed by atoms with Crippen molar-refractivity contribution in [2.45, 2.75) is 26.4 Å². The van der Waals surface area contributed by atoms with Crippen LogP contribution < -0.4 is 10.1 Å². The number of phenolic OH excluding ortho intramolecular Hbond substituents is 1. The van der Waals surface area contributed by atoms with E-state index in [4.69, 9.17) is 12.2 Å². The third kappa shape index (κ3) is 6.04. The smallest absolute Gasteiger partial charge is 0.387 e. The number of nitrogens with one attached hydrogen (secondary N) is 1. The number of hydrogen-bond acceptors (Lipinski definition) is 6. The Hall–Kier alpha value is -2.98. The lowest BCUT2D eigenvalue weighted by molar-refractivity contribution is -0.122. The maximum Gasteiger partial charge on any atom is 0.387 e. The van der Waals surface area contributed by atoms with E-state index in [0.29, 0.717) is 26.9 Å². The van der Waals surface area contributed by atoms with Crippen LogP contribution in [0.15, 0.2) is 47.4 Å². The molecule has 0 bridgehead atoms. The van der Waals surface area contributed by atoms with Gasteiger partial charge in [-0.25, -0.2) is 0 Å². The largest absolute Gasteiger partial charge is 0.508 e. The number of thiocarbonyl (C=S) groups is 1. The van der Waals surface area contributed by atoms with Gasteiger partial charge in [0.2, 0.25) is 5.91 Å². The molecule has 0 unspecified atom stereocenters. The van der Waals surface area contributed by atoms with Crippen LogP contribution >= 0.6 is 24.0 Å². The molecule has 2 N–H and O–H groups in total. The zero-order chi connectivity index (χ0) is 23.3. The third-order valence-corrected chi connectivity index (χ3v) is 5.94. The van der Waals surface area contributed by atoms with E-state index in [1.54, 1.807) is 37.3 Å². The summed E-state index contributed by atoms with van der Waals surface area (Å²) < 4.78 is 30.1. The molecule has 1 heterocycles. The molecule has 2 aromatic rings. The number of halogens is 2. The molecule has 2 aromatic carbocycles. The van der Waals surface area contributed by atoms with Gasteiger partial charge < -0.3 is 15.2 Å². The van der Waals surface area contributed by atoms with Gasteiger partial charge in [0.05, 0.1) is 4.91 Å². The molecule has 32 heavy (non-hydrogen) atoms. The summed E-state index contributed by atoms with van der Waals surface area (Å²) in [6.45, 7) is -0.957. The molecule has 1 fully saturated rings. The second-order valence-corrected chi connectivity index (χ2v) is 8.58. The summed E-state index contributed by atoms with van der Waals surface area (Å²) in [5.41, 5.74) is 1.68. The predicted molar refractivity (Wildman–Crippen MR) is 124 cm³/mol. The van der Waals surface area contributed by atoms with Crippen molar-refractivity contribution < 1.29 is 28.2 Å². The van der Waals surface area contributed by atoms with Crippen LogP contribution in [0.3, 0.4) is 0 Å². The lowest BCUT2D eigenvalue weighted by Crippen LogP contribution is -2.29. The fourth-order valence-electron chi connectivity index (χ4n) is 3.04. The van der Waals surface area contributed by atoms with Crippen molar-refractivity contribution in [2.24, 2.45) is 0 Å². The Morgan fingerprint density at radius 2 is 2.06 bits per heavy atom. The zero-order valence-electron chi connectivity index (χ0n) is 17.0. The van der Waals surface area contributed by atoms with Crippen molar-refractivity contribution in [3.8, 4) is 11.5 Å². The number of phenols is 1. The van der Waals surface area contributed by atoms with Crippen LogP contribution in [-0.4, -0.2) is 39.3 Å². The molecule has 6 nitrogen and oxygen atoms in total. The number of aromatic hydroxyl groups is 1. The fraction of sp³-hybridized carbons (Fsp3) is 0.227. The Kier molecular flexibility index (Phi) is 7.81. The molecule has 1 saturated heterocycles. The molecular formula is C22H20F2N2O4S2. The highest BCUT2D eigenvalue weighted by molar-refractivity contribution is 8.26. The van der Waals surface area contributed by atoms with E-state index in [1.807, 2.05) is 0 Å². The minimum Gasteiger partial charge on any atom is -0.508 e. The number of aryl methyl sites for hydroxylation is 1. The summed E-state index contributed by atoms with van der Waals surface area (Å²) in [5.74, 6) is -0.486. The minimum absolute atomic E-state index is 0.0334. The first-order chi connectivity index (χ1) is 15.2. The van der Waals surface area contributed by atoms with Crippen LogP contribution in [0.4, 0.5) is 14.5 Å². The number of amides is 2. The predicted octanol–water partition coefficient (Wildman–Crippen LogP) is 4.92. The van der Waals surface area contributed by atoms with Crippen molar-refractivity contribution in [3.63, 3.8) is 0 Å². The van der Waals surface area contributed by atoms with Gasteiger partial charge in [-0.3, -0.25) is 14.5 Å². The Morgan fingerprint density at radius 3 is 2.78 bits per heavy atom. The monoisotopic (exact) mass is 478 g/mol. The van der Waals surface area contributed by atoms with Crippen LogP contribution in [0, 0.1) is 6.92 Å². The molecule has 10 heteroatoms. The number of ether oxygens (including phenoxy) is 1. The summed E-state index contributed by atoms with van der Waals surface area (Å²) in [5, 5.41) is 12.2. The van der Waals surface area contributed by atoms with E-state index in [2.05, 4.69) is 10.1 Å². The average Bonchev–Trinajstić information content (AvgIpc) is 2.98. The highest BCUT2D eigenvalue weighted by Crippen LogP contribution is 2.34. The van der Waals surface area contributed by atoms with Crippen molar-refractivity contribution in [1.82, 2.24) is 4.90 Å². The van der Waals surface area contributed by atoms with Gasteiger partial charge in [0, 0.05) is 24.2 Å². The van der Waals surface area contributed by atoms with Crippen molar-refractivity contribution >= 4 is 51.9 Å². The zero-order valence-corrected chi connectivity index (χ0v) is 18.6. The molecule has 1 aliphatic rings. The second-order valence-electron chi connectivity index (χ2n) is 6.90. The molecule has 1 aliphatic heterocycles. The molecule has 168 valence electrons. The van der Waals surface area contributed by atoms with Crippen LogP contribution in [0.5, 0.6) is 11.5 Å². The molecule has 0 saturated carbocycles. The van der Waals surface area contributed by atoms with Crippen LogP contribution in [0.1, 0.15) is 24.0 Å². The highest BCUT2D eigenvalue weighted by atomic mass is 32.2. The van der Waals surface area contributed by atoms with E-state index >= 15 is 0 Å². The first kappa shape index (κ1) is 23.7. The van der Waals surface area contributed by atoms with Crippen LogP contribution in [0.2, 0.25) is 0 Å². The van der Waals surface area contributed by atoms with Gasteiger partial charge in [0.1, 0.15) is 15.8 Å². The number of nitrogens with zero attached hydrogens (tertiary/aromatic N) is 1. The quantitative estimate of drug-likeness (QED) is 0.319. The summed E-state index contributed by atoms with van der Waals surface area (Å²) in [6, 6.07) is 10.8. The minimum atomic E-state index is -2.98. The number of carbonyl (C=O) groups is 2. The molecule has 0 radical (unpaired) electrons. The fourth-order valence-corrected chi connectivity index (χ4v) is 4.34. The van der Waals surface area contributed by atoms with Gasteiger partial charge in [-0.05, 0) is 49.2 Å². The van der Waals surface area contributed by atoms with Gasteiger partial charge >= 0.3 is 6.61 Å². The SMILES string of the molecule is Cc1cc(O)ccc1NC(=O)CCCN1C(=O)/C(=C/c2ccccc2OC(F)F)SC1=S. The summed E-state index contributed by atoms with van der Waals surface area (Å²) in [7, 11) is 0. The number of para-hydroxylation sites is 1. The van der Waals surface area contributed by atoms with Crippen LogP contribution in [-0.2, 0) is 9.59 Å². The van der Waals surface area contributed by atoms with Crippen molar-refractivity contribution in [1.29, 1.82) is 0 Å². The molecule has 0 aromatic heterocycles. The number of alkyl halides is 2. The number of rotatable bonds is 8. The molecular weight excluding hydrogens is 458 g/mol.